The van der Waals surface area contributed by atoms with Crippen molar-refractivity contribution in [1.29, 1.82) is 0 Å². The van der Waals surface area contributed by atoms with E-state index in [2.05, 4.69) is 10.5 Å². The number of amides is 1. The summed E-state index contributed by atoms with van der Waals surface area (Å²) in [7, 11) is 0. The van der Waals surface area contributed by atoms with Crippen LogP contribution in [-0.2, 0) is 17.9 Å². The number of carbonyl (C=O) groups excluding carboxylic acids is 1. The first-order chi connectivity index (χ1) is 14.5. The van der Waals surface area contributed by atoms with E-state index in [1.54, 1.807) is 0 Å². The lowest BCUT2D eigenvalue weighted by molar-refractivity contribution is -0.122. The minimum absolute atomic E-state index is 0.118. The van der Waals surface area contributed by atoms with Gasteiger partial charge < -0.3 is 5.11 Å². The molecule has 0 aliphatic heterocycles. The Labute approximate surface area is 185 Å². The van der Waals surface area contributed by atoms with Gasteiger partial charge in [0.05, 0.1) is 17.8 Å². The summed E-state index contributed by atoms with van der Waals surface area (Å²) in [5, 5.41) is 14.4. The highest BCUT2D eigenvalue weighted by molar-refractivity contribution is 6.36. The van der Waals surface area contributed by atoms with Gasteiger partial charge in [0, 0.05) is 23.7 Å². The number of carbonyl (C=O) groups is 1. The molecule has 0 atom stereocenters. The standard InChI is InChI=1S/C23H21Cl2N3O2/c24-20-11-19(23(30)21(25)12-20)13-26-27-22(29)16-28(14-17-7-3-1-4-8-17)15-18-9-5-2-6-10-18/h1-13,30H,14-16H2,(H,27,29)/b26-13-. The van der Waals surface area contributed by atoms with Gasteiger partial charge in [0.25, 0.3) is 5.91 Å². The summed E-state index contributed by atoms with van der Waals surface area (Å²) in [6, 6.07) is 22.9. The molecule has 7 heteroatoms. The molecule has 30 heavy (non-hydrogen) atoms. The number of benzene rings is 3. The third kappa shape index (κ3) is 6.59. The van der Waals surface area contributed by atoms with E-state index in [0.717, 1.165) is 11.1 Å². The molecule has 3 aromatic carbocycles. The molecule has 0 fully saturated rings. The Balaban J connectivity index is 1.65. The first kappa shape index (κ1) is 21.8. The van der Waals surface area contributed by atoms with E-state index in [4.69, 9.17) is 23.2 Å². The number of hydrogen-bond acceptors (Lipinski definition) is 4. The van der Waals surface area contributed by atoms with Crippen LogP contribution in [0.3, 0.4) is 0 Å². The molecule has 0 aliphatic carbocycles. The lowest BCUT2D eigenvalue weighted by Crippen LogP contribution is -2.34. The number of hydrazone groups is 1. The normalized spacial score (nSPS) is 11.2. The van der Waals surface area contributed by atoms with Gasteiger partial charge in [-0.25, -0.2) is 5.43 Å². The van der Waals surface area contributed by atoms with Crippen molar-refractivity contribution in [2.75, 3.05) is 6.54 Å². The second kappa shape index (κ2) is 10.8. The van der Waals surface area contributed by atoms with Crippen molar-refractivity contribution in [3.63, 3.8) is 0 Å². The molecule has 2 N–H and O–H groups in total. The second-order valence-electron chi connectivity index (χ2n) is 6.73. The number of aromatic hydroxyl groups is 1. The zero-order valence-corrected chi connectivity index (χ0v) is 17.6. The number of rotatable bonds is 8. The van der Waals surface area contributed by atoms with Crippen LogP contribution in [0, 0.1) is 0 Å². The van der Waals surface area contributed by atoms with Crippen LogP contribution in [0.15, 0.2) is 77.9 Å². The lowest BCUT2D eigenvalue weighted by Gasteiger charge is -2.21. The van der Waals surface area contributed by atoms with Crippen LogP contribution < -0.4 is 5.43 Å². The number of nitrogens with zero attached hydrogens (tertiary/aromatic N) is 2. The zero-order valence-electron chi connectivity index (χ0n) is 16.1. The molecule has 5 nitrogen and oxygen atoms in total. The molecule has 0 unspecified atom stereocenters. The molecule has 1 amide bonds. The SMILES string of the molecule is O=C(CN(Cc1ccccc1)Cc1ccccc1)N/N=C\c1cc(Cl)cc(Cl)c1O. The molecule has 0 radical (unpaired) electrons. The molecule has 3 aromatic rings. The molecule has 3 rings (SSSR count). The summed E-state index contributed by atoms with van der Waals surface area (Å²) in [6.45, 7) is 1.40. The molecular weight excluding hydrogens is 421 g/mol. The molecule has 0 bridgehead atoms. The molecule has 0 heterocycles. The van der Waals surface area contributed by atoms with Crippen LogP contribution >= 0.6 is 23.2 Å². The summed E-state index contributed by atoms with van der Waals surface area (Å²) in [6.07, 6.45) is 1.31. The van der Waals surface area contributed by atoms with Crippen LogP contribution in [-0.4, -0.2) is 28.7 Å². The van der Waals surface area contributed by atoms with Gasteiger partial charge in [-0.2, -0.15) is 5.10 Å². The number of hydrogen-bond donors (Lipinski definition) is 2. The summed E-state index contributed by atoms with van der Waals surface area (Å²) in [5.41, 5.74) is 5.04. The number of halogens is 2. The minimum atomic E-state index is -0.272. The number of nitrogens with one attached hydrogen (secondary N) is 1. The van der Waals surface area contributed by atoms with Gasteiger partial charge in [-0.1, -0.05) is 83.9 Å². The highest BCUT2D eigenvalue weighted by Gasteiger charge is 2.12. The van der Waals surface area contributed by atoms with E-state index < -0.39 is 0 Å². The van der Waals surface area contributed by atoms with Gasteiger partial charge in [0.15, 0.2) is 0 Å². The van der Waals surface area contributed by atoms with Crippen molar-refractivity contribution in [2.24, 2.45) is 5.10 Å². The smallest absolute Gasteiger partial charge is 0.254 e. The van der Waals surface area contributed by atoms with Gasteiger partial charge in [-0.05, 0) is 23.3 Å². The van der Waals surface area contributed by atoms with Crippen LogP contribution in [0.1, 0.15) is 16.7 Å². The van der Waals surface area contributed by atoms with Crippen molar-refractivity contribution in [1.82, 2.24) is 10.3 Å². The Bertz CT molecular complexity index is 970. The maximum atomic E-state index is 12.5. The third-order valence-electron chi connectivity index (χ3n) is 4.32. The minimum Gasteiger partial charge on any atom is -0.506 e. The fourth-order valence-corrected chi connectivity index (χ4v) is 3.46. The van der Waals surface area contributed by atoms with Gasteiger partial charge in [0.2, 0.25) is 0 Å². The molecule has 0 saturated heterocycles. The van der Waals surface area contributed by atoms with Gasteiger partial charge in [-0.3, -0.25) is 9.69 Å². The largest absolute Gasteiger partial charge is 0.506 e. The maximum absolute atomic E-state index is 12.5. The van der Waals surface area contributed by atoms with E-state index in [1.807, 2.05) is 65.6 Å². The van der Waals surface area contributed by atoms with Crippen molar-refractivity contribution < 1.29 is 9.90 Å². The molecule has 0 aliphatic rings. The van der Waals surface area contributed by atoms with Gasteiger partial charge >= 0.3 is 0 Å². The maximum Gasteiger partial charge on any atom is 0.254 e. The monoisotopic (exact) mass is 441 g/mol. The van der Waals surface area contributed by atoms with E-state index in [0.29, 0.717) is 23.7 Å². The highest BCUT2D eigenvalue weighted by Crippen LogP contribution is 2.29. The summed E-state index contributed by atoms with van der Waals surface area (Å²) >= 11 is 11.8. The average molecular weight is 442 g/mol. The van der Waals surface area contributed by atoms with Gasteiger partial charge in [-0.15, -0.1) is 0 Å². The Hall–Kier alpha value is -2.86. The van der Waals surface area contributed by atoms with Crippen LogP contribution in [0.2, 0.25) is 10.0 Å². The van der Waals surface area contributed by atoms with Crippen molar-refractivity contribution >= 4 is 35.3 Å². The van der Waals surface area contributed by atoms with E-state index in [1.165, 1.54) is 18.3 Å². The van der Waals surface area contributed by atoms with Crippen molar-refractivity contribution in [3.05, 3.63) is 99.5 Å². The van der Waals surface area contributed by atoms with Crippen LogP contribution in [0.4, 0.5) is 0 Å². The Morgan fingerprint density at radius 1 is 0.967 bits per heavy atom. The van der Waals surface area contributed by atoms with Crippen LogP contribution in [0.5, 0.6) is 5.75 Å². The first-order valence-electron chi connectivity index (χ1n) is 9.31. The summed E-state index contributed by atoms with van der Waals surface area (Å²) < 4.78 is 0. The molecule has 0 aromatic heterocycles. The molecular formula is C23H21Cl2N3O2. The second-order valence-corrected chi connectivity index (χ2v) is 7.58. The quantitative estimate of drug-likeness (QED) is 0.387. The fourth-order valence-electron chi connectivity index (χ4n) is 2.95. The highest BCUT2D eigenvalue weighted by atomic mass is 35.5. The van der Waals surface area contributed by atoms with E-state index >= 15 is 0 Å². The Morgan fingerprint density at radius 2 is 1.53 bits per heavy atom. The first-order valence-corrected chi connectivity index (χ1v) is 10.1. The van der Waals surface area contributed by atoms with Crippen LogP contribution in [0.25, 0.3) is 0 Å². The molecule has 0 saturated carbocycles. The van der Waals surface area contributed by atoms with Crippen molar-refractivity contribution in [2.45, 2.75) is 13.1 Å². The summed E-state index contributed by atoms with van der Waals surface area (Å²) in [5.74, 6) is -0.417. The van der Waals surface area contributed by atoms with E-state index in [-0.39, 0.29) is 23.2 Å². The number of phenolic OH excluding ortho intramolecular Hbond substituents is 1. The average Bonchev–Trinajstić information content (AvgIpc) is 2.73. The number of phenols is 1. The van der Waals surface area contributed by atoms with Gasteiger partial charge in [0.1, 0.15) is 5.75 Å². The predicted octanol–water partition coefficient (Wildman–Crippen LogP) is 4.85. The Kier molecular flexibility index (Phi) is 7.85. The van der Waals surface area contributed by atoms with Crippen molar-refractivity contribution in [3.8, 4) is 5.75 Å². The molecule has 0 spiro atoms. The lowest BCUT2D eigenvalue weighted by atomic mass is 10.1. The zero-order chi connectivity index (χ0) is 21.3. The fraction of sp³-hybridized carbons (Fsp3) is 0.130. The third-order valence-corrected chi connectivity index (χ3v) is 4.82. The topological polar surface area (TPSA) is 64.9 Å². The summed E-state index contributed by atoms with van der Waals surface area (Å²) in [4.78, 5) is 14.5. The molecule has 154 valence electrons. The Morgan fingerprint density at radius 3 is 2.10 bits per heavy atom. The predicted molar refractivity (Wildman–Crippen MR) is 121 cm³/mol. The van der Waals surface area contributed by atoms with E-state index in [9.17, 15) is 9.90 Å².